The summed E-state index contributed by atoms with van der Waals surface area (Å²) >= 11 is 2.93. The Bertz CT molecular complexity index is 1650. The fourth-order valence-corrected chi connectivity index (χ4v) is 7.50. The lowest BCUT2D eigenvalue weighted by Crippen LogP contribution is -2.61. The SMILES string of the molecule is CCc1nc2sc(N3CCN(CC(=O)N4CC(O)C4)C(C)C3C)nn2c1N(C)c1nc(-c2ccc(C)cc2)c(C#N)s1. The zero-order valence-electron chi connectivity index (χ0n) is 24.5. The number of likely N-dealkylation sites (tertiary alicyclic amines) is 1. The average Bonchev–Trinajstić information content (AvgIpc) is 3.66. The van der Waals surface area contributed by atoms with Crippen LogP contribution in [0, 0.1) is 18.3 Å². The van der Waals surface area contributed by atoms with Gasteiger partial charge in [-0.15, -0.1) is 5.10 Å². The minimum Gasteiger partial charge on any atom is -0.389 e. The number of carbonyl (C=O) groups excluding carboxylic acids is 1. The Morgan fingerprint density at radius 2 is 1.88 bits per heavy atom. The number of benzene rings is 1. The molecule has 2 aliphatic rings. The van der Waals surface area contributed by atoms with E-state index in [0.29, 0.717) is 35.3 Å². The number of fused-ring (bicyclic) bond motifs is 1. The van der Waals surface area contributed by atoms with Crippen molar-refractivity contribution in [2.45, 2.75) is 52.3 Å². The number of rotatable bonds is 7. The van der Waals surface area contributed by atoms with E-state index in [1.165, 1.54) is 11.3 Å². The largest absolute Gasteiger partial charge is 0.389 e. The Morgan fingerprint density at radius 1 is 1.14 bits per heavy atom. The van der Waals surface area contributed by atoms with Gasteiger partial charge in [-0.25, -0.2) is 9.97 Å². The maximum absolute atomic E-state index is 12.7. The van der Waals surface area contributed by atoms with Crippen LogP contribution in [0.5, 0.6) is 0 Å². The molecule has 0 aliphatic carbocycles. The average molecular weight is 606 g/mol. The number of nitrogens with zero attached hydrogens (tertiary/aromatic N) is 9. The first-order chi connectivity index (χ1) is 20.2. The van der Waals surface area contributed by atoms with E-state index in [9.17, 15) is 15.2 Å². The number of β-amino-alcohol motifs (C(OH)–C–C–N with tert-alkyl or cyclic N) is 1. The number of aliphatic hydroxyl groups is 1. The Balaban J connectivity index is 1.25. The van der Waals surface area contributed by atoms with Crippen LogP contribution in [0.3, 0.4) is 0 Å². The van der Waals surface area contributed by atoms with E-state index >= 15 is 0 Å². The smallest absolute Gasteiger partial charge is 0.236 e. The fraction of sp³-hybridized carbons (Fsp3) is 0.483. The summed E-state index contributed by atoms with van der Waals surface area (Å²) < 4.78 is 1.90. The van der Waals surface area contributed by atoms with Crippen molar-refractivity contribution in [3.05, 3.63) is 40.4 Å². The first-order valence-electron chi connectivity index (χ1n) is 14.2. The molecule has 0 spiro atoms. The van der Waals surface area contributed by atoms with E-state index < -0.39 is 0 Å². The second kappa shape index (κ2) is 11.3. The number of amides is 1. The zero-order chi connectivity index (χ0) is 29.7. The number of piperazine rings is 1. The summed E-state index contributed by atoms with van der Waals surface area (Å²) in [5, 5.41) is 26.1. The zero-order valence-corrected chi connectivity index (χ0v) is 26.1. The quantitative estimate of drug-likeness (QED) is 0.338. The van der Waals surface area contributed by atoms with Crippen molar-refractivity contribution in [1.82, 2.24) is 29.4 Å². The lowest BCUT2D eigenvalue weighted by atomic mass is 10.0. The summed E-state index contributed by atoms with van der Waals surface area (Å²) in [5.74, 6) is 0.929. The predicted octanol–water partition coefficient (Wildman–Crippen LogP) is 3.53. The summed E-state index contributed by atoms with van der Waals surface area (Å²) in [6.07, 6.45) is 0.350. The number of hydrogen-bond acceptors (Lipinski definition) is 11. The van der Waals surface area contributed by atoms with Crippen molar-refractivity contribution in [2.75, 3.05) is 49.6 Å². The van der Waals surface area contributed by atoms with Crippen LogP contribution in [0.15, 0.2) is 24.3 Å². The van der Waals surface area contributed by atoms with Gasteiger partial charge < -0.3 is 19.8 Å². The Labute approximate surface area is 253 Å². The minimum absolute atomic E-state index is 0.0765. The highest BCUT2D eigenvalue weighted by molar-refractivity contribution is 7.20. The second-order valence-electron chi connectivity index (χ2n) is 11.1. The van der Waals surface area contributed by atoms with Gasteiger partial charge in [-0.3, -0.25) is 9.69 Å². The molecule has 1 N–H and O–H groups in total. The lowest BCUT2D eigenvalue weighted by molar-refractivity contribution is -0.143. The van der Waals surface area contributed by atoms with Crippen LogP contribution < -0.4 is 9.80 Å². The van der Waals surface area contributed by atoms with Gasteiger partial charge in [-0.2, -0.15) is 9.78 Å². The van der Waals surface area contributed by atoms with Gasteiger partial charge in [-0.05, 0) is 27.2 Å². The summed E-state index contributed by atoms with van der Waals surface area (Å²) in [5.41, 5.74) is 3.69. The summed E-state index contributed by atoms with van der Waals surface area (Å²) in [4.78, 5) is 32.1. The standard InChI is InChI=1S/C29H35N9O2S2/c1-6-22-26(34(5)27-32-25(23(13-30)41-27)20-9-7-17(2)8-10-20)38-28(31-22)42-29(33-38)37-12-11-35(18(3)19(37)4)16-24(40)36-14-21(39)15-36/h7-10,18-19,21,39H,6,11-12,14-16H2,1-5H3. The van der Waals surface area contributed by atoms with Crippen LogP contribution in [0.4, 0.5) is 16.1 Å². The number of imidazole rings is 1. The minimum atomic E-state index is -0.387. The number of anilines is 3. The third kappa shape index (κ3) is 5.02. The number of aliphatic hydroxyl groups excluding tert-OH is 1. The summed E-state index contributed by atoms with van der Waals surface area (Å²) in [6.45, 7) is 11.2. The van der Waals surface area contributed by atoms with Crippen LogP contribution in [0.25, 0.3) is 16.2 Å². The van der Waals surface area contributed by atoms with Crippen molar-refractivity contribution in [1.29, 1.82) is 5.26 Å². The van der Waals surface area contributed by atoms with Crippen LogP contribution in [-0.4, -0.2) is 98.4 Å². The van der Waals surface area contributed by atoms with Crippen molar-refractivity contribution in [3.8, 4) is 17.3 Å². The number of aryl methyl sites for hydroxylation is 2. The van der Waals surface area contributed by atoms with E-state index in [1.807, 2.05) is 47.7 Å². The summed E-state index contributed by atoms with van der Waals surface area (Å²) in [7, 11) is 1.96. The molecule has 220 valence electrons. The number of thiazole rings is 1. The van der Waals surface area contributed by atoms with Crippen LogP contribution in [0.1, 0.15) is 36.9 Å². The lowest BCUT2D eigenvalue weighted by Gasteiger charge is -2.45. The first-order valence-corrected chi connectivity index (χ1v) is 15.9. The number of aromatic nitrogens is 4. The molecule has 11 nitrogen and oxygen atoms in total. The van der Waals surface area contributed by atoms with Crippen molar-refractivity contribution >= 4 is 49.6 Å². The monoisotopic (exact) mass is 605 g/mol. The van der Waals surface area contributed by atoms with Gasteiger partial charge in [-0.1, -0.05) is 59.4 Å². The topological polar surface area (TPSA) is 117 Å². The van der Waals surface area contributed by atoms with E-state index in [1.54, 1.807) is 16.2 Å². The van der Waals surface area contributed by atoms with Gasteiger partial charge in [0, 0.05) is 50.9 Å². The molecule has 2 atom stereocenters. The third-order valence-electron chi connectivity index (χ3n) is 8.41. The van der Waals surface area contributed by atoms with Crippen molar-refractivity contribution in [2.24, 2.45) is 0 Å². The fourth-order valence-electron chi connectivity index (χ4n) is 5.62. The molecule has 3 aromatic heterocycles. The molecular weight excluding hydrogens is 571 g/mol. The molecule has 0 bridgehead atoms. The maximum Gasteiger partial charge on any atom is 0.236 e. The molecule has 13 heteroatoms. The molecule has 0 saturated carbocycles. The molecule has 5 heterocycles. The van der Waals surface area contributed by atoms with Gasteiger partial charge >= 0.3 is 0 Å². The molecule has 42 heavy (non-hydrogen) atoms. The number of nitriles is 1. The summed E-state index contributed by atoms with van der Waals surface area (Å²) in [6, 6.07) is 10.7. The van der Waals surface area contributed by atoms with Crippen LogP contribution in [-0.2, 0) is 11.2 Å². The highest BCUT2D eigenvalue weighted by Crippen LogP contribution is 2.38. The molecule has 2 unspecified atom stereocenters. The predicted molar refractivity (Wildman–Crippen MR) is 166 cm³/mol. The van der Waals surface area contributed by atoms with Crippen LogP contribution in [0.2, 0.25) is 0 Å². The van der Waals surface area contributed by atoms with Gasteiger partial charge in [0.15, 0.2) is 10.9 Å². The second-order valence-corrected chi connectivity index (χ2v) is 13.0. The highest BCUT2D eigenvalue weighted by Gasteiger charge is 2.36. The van der Waals surface area contributed by atoms with E-state index in [0.717, 1.165) is 52.2 Å². The Kier molecular flexibility index (Phi) is 7.65. The van der Waals surface area contributed by atoms with Gasteiger partial charge in [0.05, 0.1) is 18.3 Å². The molecule has 2 saturated heterocycles. The van der Waals surface area contributed by atoms with Crippen LogP contribution >= 0.6 is 22.7 Å². The molecule has 2 aliphatic heterocycles. The molecular formula is C29H35N9O2S2. The normalized spacial score (nSPS) is 19.7. The van der Waals surface area contributed by atoms with E-state index in [4.69, 9.17) is 15.1 Å². The van der Waals surface area contributed by atoms with Crippen molar-refractivity contribution < 1.29 is 9.90 Å². The molecule has 0 radical (unpaired) electrons. The van der Waals surface area contributed by atoms with Gasteiger partial charge in [0.25, 0.3) is 0 Å². The molecule has 4 aromatic rings. The molecule has 1 aromatic carbocycles. The Morgan fingerprint density at radius 3 is 2.55 bits per heavy atom. The molecule has 6 rings (SSSR count). The van der Waals surface area contributed by atoms with E-state index in [2.05, 4.69) is 36.6 Å². The number of carbonyl (C=O) groups is 1. The maximum atomic E-state index is 12.7. The Hall–Kier alpha value is -3.57. The highest BCUT2D eigenvalue weighted by atomic mass is 32.1. The first kappa shape index (κ1) is 28.5. The molecule has 2 fully saturated rings. The van der Waals surface area contributed by atoms with Gasteiger partial charge in [0.2, 0.25) is 16.0 Å². The van der Waals surface area contributed by atoms with E-state index in [-0.39, 0.29) is 24.1 Å². The number of hydrogen-bond donors (Lipinski definition) is 1. The van der Waals surface area contributed by atoms with Gasteiger partial charge in [0.1, 0.15) is 16.6 Å². The van der Waals surface area contributed by atoms with Crippen molar-refractivity contribution in [3.63, 3.8) is 0 Å². The molecule has 1 amide bonds. The third-order valence-corrected chi connectivity index (χ3v) is 10.4.